The van der Waals surface area contributed by atoms with Crippen LogP contribution in [0.4, 0.5) is 26.3 Å². The summed E-state index contributed by atoms with van der Waals surface area (Å²) in [4.78, 5) is 52.6. The number of carbonyl (C=O) groups excluding carboxylic acids is 4. The van der Waals surface area contributed by atoms with Gasteiger partial charge in [-0.05, 0) is 38.1 Å². The fraction of sp³-hybridized carbons (Fsp3) is 0.273. The monoisotopic (exact) mass is 734 g/mol. The number of fused-ring (bicyclic) bond motifs is 2. The van der Waals surface area contributed by atoms with Crippen LogP contribution in [0.1, 0.15) is 75.5 Å². The van der Waals surface area contributed by atoms with Crippen molar-refractivity contribution in [1.29, 1.82) is 0 Å². The molecule has 2 aliphatic rings. The van der Waals surface area contributed by atoms with Gasteiger partial charge in [0.15, 0.2) is 23.1 Å². The standard InChI is InChI=1S/C28H12Cl4O4.C3H5F3.C2H3F3/c1-7-25(33)9-3-13(29)19-21-15(31)5-11-18-12(28(36)8(2)27(11)35)6-16(32)22(24(18)21)20-14(30)4-10(26(7)34)17(9)23(19)20;1-2-3(4,5)6;1-2(3,4)5/h3-8H,1-2H3;2H2,1H3;1H3. The van der Waals surface area contributed by atoms with Gasteiger partial charge in [0, 0.05) is 98.8 Å². The Hall–Kier alpha value is -3.18. The van der Waals surface area contributed by atoms with Crippen LogP contribution in [-0.2, 0) is 0 Å². The molecule has 0 spiro atoms. The molecule has 0 amide bonds. The van der Waals surface area contributed by atoms with Crippen LogP contribution < -0.4 is 0 Å². The smallest absolute Gasteiger partial charge is 0.293 e. The second-order valence-electron chi connectivity index (χ2n) is 11.3. The molecule has 0 N–H and O–H groups in total. The Bertz CT molecular complexity index is 1940. The number of alkyl halides is 6. The lowest BCUT2D eigenvalue weighted by atomic mass is 9.75. The average molecular weight is 736 g/mol. The van der Waals surface area contributed by atoms with Crippen LogP contribution in [0, 0.1) is 11.8 Å². The van der Waals surface area contributed by atoms with E-state index in [1.165, 1.54) is 0 Å². The Kier molecular flexibility index (Phi) is 8.79. The van der Waals surface area contributed by atoms with Crippen molar-refractivity contribution in [2.24, 2.45) is 11.8 Å². The third kappa shape index (κ3) is 5.71. The largest absolute Gasteiger partial charge is 0.388 e. The van der Waals surface area contributed by atoms with E-state index in [1.54, 1.807) is 38.1 Å². The SMILES string of the molecule is CC(F)(F)F.CC1C(=O)c2cc(Cl)c3c4c(Cl)cc5c6c(cc(Cl)c(c7c(Cl)cc(c2c37)C1=O)c64)C(=O)C(C)C5=O.CCC(F)(F)F. The quantitative estimate of drug-likeness (QED) is 0.0687. The highest BCUT2D eigenvalue weighted by Crippen LogP contribution is 2.54. The number of halogens is 10. The molecular weight excluding hydrogens is 716 g/mol. The minimum atomic E-state index is -4.00. The lowest BCUT2D eigenvalue weighted by Gasteiger charge is -2.27. The van der Waals surface area contributed by atoms with Crippen LogP contribution >= 0.6 is 46.4 Å². The van der Waals surface area contributed by atoms with Gasteiger partial charge in [-0.3, -0.25) is 19.2 Å². The van der Waals surface area contributed by atoms with Gasteiger partial charge in [0.05, 0.1) is 11.8 Å². The number of hydrogen-bond acceptors (Lipinski definition) is 4. The molecule has 0 heterocycles. The lowest BCUT2D eigenvalue weighted by Crippen LogP contribution is -2.27. The second kappa shape index (κ2) is 11.8. The van der Waals surface area contributed by atoms with E-state index in [1.807, 2.05) is 0 Å². The molecular formula is C33H20Cl4F6O4. The fourth-order valence-corrected chi connectivity index (χ4v) is 7.26. The molecule has 0 atom stereocenters. The molecule has 47 heavy (non-hydrogen) atoms. The highest BCUT2D eigenvalue weighted by atomic mass is 35.5. The summed E-state index contributed by atoms with van der Waals surface area (Å²) < 4.78 is 63.4. The van der Waals surface area contributed by atoms with Crippen LogP contribution in [-0.4, -0.2) is 35.5 Å². The number of benzene rings is 5. The first-order valence-electron chi connectivity index (χ1n) is 13.9. The Morgan fingerprint density at radius 3 is 0.872 bits per heavy atom. The molecule has 5 aromatic carbocycles. The zero-order valence-corrected chi connectivity index (χ0v) is 27.6. The summed E-state index contributed by atoms with van der Waals surface area (Å²) in [7, 11) is 0. The topological polar surface area (TPSA) is 68.3 Å². The highest BCUT2D eigenvalue weighted by Gasteiger charge is 2.39. The minimum Gasteiger partial charge on any atom is -0.293 e. The van der Waals surface area contributed by atoms with Crippen molar-refractivity contribution in [3.63, 3.8) is 0 Å². The number of ketones is 4. The van der Waals surface area contributed by atoms with Crippen LogP contribution in [0.5, 0.6) is 0 Å². The number of Topliss-reactive ketones (excluding diaryl/α,β-unsaturated/α-hetero) is 4. The molecule has 5 aromatic rings. The van der Waals surface area contributed by atoms with E-state index in [9.17, 15) is 45.5 Å². The van der Waals surface area contributed by atoms with E-state index in [0.29, 0.717) is 65.3 Å². The summed E-state index contributed by atoms with van der Waals surface area (Å²) in [5.74, 6) is -3.03. The molecule has 14 heteroatoms. The van der Waals surface area contributed by atoms with Crippen molar-refractivity contribution in [2.75, 3.05) is 0 Å². The van der Waals surface area contributed by atoms with Crippen molar-refractivity contribution in [3.05, 3.63) is 66.6 Å². The van der Waals surface area contributed by atoms with Gasteiger partial charge in [-0.1, -0.05) is 53.3 Å². The number of carbonyl (C=O) groups is 4. The van der Waals surface area contributed by atoms with E-state index in [-0.39, 0.29) is 50.1 Å². The molecule has 0 fully saturated rings. The summed E-state index contributed by atoms with van der Waals surface area (Å²) in [6, 6.07) is 6.23. The summed E-state index contributed by atoms with van der Waals surface area (Å²) in [5, 5.41) is 4.84. The molecule has 4 nitrogen and oxygen atoms in total. The first-order chi connectivity index (χ1) is 21.6. The number of rotatable bonds is 0. The Morgan fingerprint density at radius 1 is 0.511 bits per heavy atom. The van der Waals surface area contributed by atoms with Crippen LogP contribution in [0.15, 0.2) is 24.3 Å². The first kappa shape index (κ1) is 35.1. The molecule has 0 aromatic heterocycles. The fourth-order valence-electron chi connectivity index (χ4n) is 6.07. The maximum absolute atomic E-state index is 13.1. The normalized spacial score (nSPS) is 15.5. The highest BCUT2D eigenvalue weighted by molar-refractivity contribution is 6.56. The predicted molar refractivity (Wildman–Crippen MR) is 171 cm³/mol. The zero-order valence-electron chi connectivity index (χ0n) is 24.6. The first-order valence-corrected chi connectivity index (χ1v) is 15.4. The van der Waals surface area contributed by atoms with E-state index < -0.39 is 30.6 Å². The van der Waals surface area contributed by atoms with Crippen molar-refractivity contribution >= 4 is 113 Å². The lowest BCUT2D eigenvalue weighted by molar-refractivity contribution is -0.130. The average Bonchev–Trinajstić information content (AvgIpc) is 2.97. The van der Waals surface area contributed by atoms with Crippen LogP contribution in [0.2, 0.25) is 20.1 Å². The summed E-state index contributed by atoms with van der Waals surface area (Å²) in [6.07, 6.45) is -8.69. The molecule has 0 saturated heterocycles. The molecule has 7 rings (SSSR count). The summed E-state index contributed by atoms with van der Waals surface area (Å²) in [6.45, 7) is 4.40. The van der Waals surface area contributed by atoms with Gasteiger partial charge >= 0.3 is 12.4 Å². The van der Waals surface area contributed by atoms with E-state index in [2.05, 4.69) is 0 Å². The predicted octanol–water partition coefficient (Wildman–Crippen LogP) is 11.9. The Morgan fingerprint density at radius 2 is 0.702 bits per heavy atom. The van der Waals surface area contributed by atoms with Gasteiger partial charge in [-0.2, -0.15) is 26.3 Å². The maximum Gasteiger partial charge on any atom is 0.388 e. The van der Waals surface area contributed by atoms with Gasteiger partial charge in [-0.25, -0.2) is 0 Å². The number of hydrogen-bond donors (Lipinski definition) is 0. The van der Waals surface area contributed by atoms with Gasteiger partial charge in [0.2, 0.25) is 0 Å². The molecule has 0 unspecified atom stereocenters. The van der Waals surface area contributed by atoms with Crippen molar-refractivity contribution in [3.8, 4) is 0 Å². The summed E-state index contributed by atoms with van der Waals surface area (Å²) in [5.41, 5.74) is 1.33. The molecule has 2 aliphatic carbocycles. The molecule has 0 saturated carbocycles. The molecule has 0 bridgehead atoms. The molecule has 246 valence electrons. The van der Waals surface area contributed by atoms with E-state index >= 15 is 0 Å². The maximum atomic E-state index is 13.1. The Balaban J connectivity index is 0.000000343. The molecule has 0 radical (unpaired) electrons. The summed E-state index contributed by atoms with van der Waals surface area (Å²) >= 11 is 27.3. The Labute approximate surface area is 282 Å². The second-order valence-corrected chi connectivity index (χ2v) is 12.9. The van der Waals surface area contributed by atoms with Crippen LogP contribution in [0.25, 0.3) is 43.1 Å². The van der Waals surface area contributed by atoms with Crippen molar-refractivity contribution in [1.82, 2.24) is 0 Å². The minimum absolute atomic E-state index is 0.188. The van der Waals surface area contributed by atoms with Gasteiger partial charge in [0.25, 0.3) is 0 Å². The van der Waals surface area contributed by atoms with E-state index in [0.717, 1.165) is 6.92 Å². The van der Waals surface area contributed by atoms with Gasteiger partial charge < -0.3 is 0 Å². The van der Waals surface area contributed by atoms with Gasteiger partial charge in [-0.15, -0.1) is 0 Å². The van der Waals surface area contributed by atoms with Crippen LogP contribution in [0.3, 0.4) is 0 Å². The van der Waals surface area contributed by atoms with E-state index in [4.69, 9.17) is 46.4 Å². The third-order valence-electron chi connectivity index (χ3n) is 8.15. The van der Waals surface area contributed by atoms with Crippen molar-refractivity contribution in [2.45, 2.75) is 46.5 Å². The van der Waals surface area contributed by atoms with Gasteiger partial charge in [0.1, 0.15) is 0 Å². The third-order valence-corrected chi connectivity index (χ3v) is 9.35. The zero-order chi connectivity index (χ0) is 35.2. The van der Waals surface area contributed by atoms with Crippen molar-refractivity contribution < 1.29 is 45.5 Å². The molecule has 0 aliphatic heterocycles.